The van der Waals surface area contributed by atoms with E-state index in [1.807, 2.05) is 4.90 Å². The van der Waals surface area contributed by atoms with Crippen LogP contribution in [0, 0.1) is 24.2 Å². The van der Waals surface area contributed by atoms with Crippen molar-refractivity contribution in [1.29, 1.82) is 0 Å². The maximum Gasteiger partial charge on any atom is 0.257 e. The molecule has 1 spiro atoms. The number of ether oxygens (including phenoxy) is 1. The zero-order chi connectivity index (χ0) is 17.4. The Morgan fingerprint density at radius 1 is 1.32 bits per heavy atom. The molecular weight excluding hydrogens is 320 g/mol. The van der Waals surface area contributed by atoms with Gasteiger partial charge in [-0.15, -0.1) is 0 Å². The average molecular weight is 346 g/mol. The van der Waals surface area contributed by atoms with Gasteiger partial charge in [0.05, 0.1) is 17.7 Å². The van der Waals surface area contributed by atoms with Crippen molar-refractivity contribution in [3.8, 4) is 0 Å². The van der Waals surface area contributed by atoms with Gasteiger partial charge in [-0.3, -0.25) is 9.59 Å². The fourth-order valence-corrected chi connectivity index (χ4v) is 4.24. The van der Waals surface area contributed by atoms with E-state index >= 15 is 0 Å². The molecule has 136 valence electrons. The number of carbonyl (C=O) groups excluding carboxylic acids is 2. The lowest BCUT2D eigenvalue weighted by molar-refractivity contribution is -0.129. The highest BCUT2D eigenvalue weighted by atomic mass is 16.5. The molecule has 1 aromatic rings. The third-order valence-corrected chi connectivity index (χ3v) is 6.09. The highest BCUT2D eigenvalue weighted by Crippen LogP contribution is 2.45. The van der Waals surface area contributed by atoms with E-state index in [0.29, 0.717) is 43.5 Å². The molecule has 1 N–H and O–H groups in total. The zero-order valence-corrected chi connectivity index (χ0v) is 14.8. The number of hydrogen-bond acceptors (Lipinski definition) is 4. The third-order valence-electron chi connectivity index (χ3n) is 6.09. The summed E-state index contributed by atoms with van der Waals surface area (Å²) in [7, 11) is 0. The van der Waals surface area contributed by atoms with Gasteiger partial charge in [-0.1, -0.05) is 0 Å². The molecule has 2 saturated heterocycles. The first kappa shape index (κ1) is 16.6. The van der Waals surface area contributed by atoms with Gasteiger partial charge in [-0.2, -0.15) is 0 Å². The molecule has 25 heavy (non-hydrogen) atoms. The number of hydrogen-bond donors (Lipinski definition) is 1. The molecule has 2 aliphatic heterocycles. The van der Waals surface area contributed by atoms with Gasteiger partial charge in [0.2, 0.25) is 5.91 Å². The van der Waals surface area contributed by atoms with E-state index in [-0.39, 0.29) is 23.1 Å². The molecule has 3 fully saturated rings. The van der Waals surface area contributed by atoms with Crippen LogP contribution in [0.15, 0.2) is 16.7 Å². The molecular formula is C19H26N2O4. The van der Waals surface area contributed by atoms with Crippen LogP contribution in [0.5, 0.6) is 0 Å². The molecule has 0 aromatic carbocycles. The van der Waals surface area contributed by atoms with Crippen molar-refractivity contribution >= 4 is 11.8 Å². The molecule has 1 atom stereocenters. The molecule has 0 bridgehead atoms. The largest absolute Gasteiger partial charge is 0.469 e. The van der Waals surface area contributed by atoms with E-state index in [9.17, 15) is 9.59 Å². The van der Waals surface area contributed by atoms with E-state index in [2.05, 4.69) is 5.32 Å². The number of rotatable bonds is 4. The van der Waals surface area contributed by atoms with Gasteiger partial charge >= 0.3 is 0 Å². The van der Waals surface area contributed by atoms with Crippen molar-refractivity contribution in [1.82, 2.24) is 10.2 Å². The van der Waals surface area contributed by atoms with Crippen LogP contribution in [-0.4, -0.2) is 49.6 Å². The molecule has 1 saturated carbocycles. The van der Waals surface area contributed by atoms with Gasteiger partial charge in [0, 0.05) is 38.3 Å². The lowest BCUT2D eigenvalue weighted by Crippen LogP contribution is -2.44. The van der Waals surface area contributed by atoms with Gasteiger partial charge < -0.3 is 19.4 Å². The van der Waals surface area contributed by atoms with E-state index < -0.39 is 0 Å². The third kappa shape index (κ3) is 3.19. The Kier molecular flexibility index (Phi) is 4.31. The van der Waals surface area contributed by atoms with E-state index in [1.54, 1.807) is 19.3 Å². The smallest absolute Gasteiger partial charge is 0.257 e. The lowest BCUT2D eigenvalue weighted by atomic mass is 9.71. The Morgan fingerprint density at radius 2 is 2.08 bits per heavy atom. The summed E-state index contributed by atoms with van der Waals surface area (Å²) in [6.07, 6.45) is 5.65. The first-order chi connectivity index (χ1) is 12.1. The van der Waals surface area contributed by atoms with Crippen molar-refractivity contribution in [2.24, 2.45) is 17.3 Å². The van der Waals surface area contributed by atoms with Gasteiger partial charge in [0.15, 0.2) is 0 Å². The standard InChI is InChI=1S/C19H26N2O4/c1-13-15(4-7-25-13)18(23)21-11-16(17(22)20-10-14-2-3-14)19(12-21)5-8-24-9-6-19/h4,7,14,16H,2-3,5-6,8-12H2,1H3,(H,20,22). The van der Waals surface area contributed by atoms with Crippen LogP contribution < -0.4 is 5.32 Å². The van der Waals surface area contributed by atoms with E-state index in [1.165, 1.54) is 12.8 Å². The summed E-state index contributed by atoms with van der Waals surface area (Å²) in [6.45, 7) is 5.02. The molecule has 1 aliphatic carbocycles. The van der Waals surface area contributed by atoms with Crippen LogP contribution in [-0.2, 0) is 9.53 Å². The highest BCUT2D eigenvalue weighted by Gasteiger charge is 2.52. The Bertz CT molecular complexity index is 658. The number of furan rings is 1. The quantitative estimate of drug-likeness (QED) is 0.905. The van der Waals surface area contributed by atoms with E-state index in [4.69, 9.17) is 9.15 Å². The number of likely N-dealkylation sites (tertiary alicyclic amines) is 1. The first-order valence-corrected chi connectivity index (χ1v) is 9.28. The predicted molar refractivity (Wildman–Crippen MR) is 91.1 cm³/mol. The molecule has 3 heterocycles. The van der Waals surface area contributed by atoms with Crippen LogP contribution in [0.25, 0.3) is 0 Å². The summed E-state index contributed by atoms with van der Waals surface area (Å²) in [5.41, 5.74) is 0.445. The van der Waals surface area contributed by atoms with Gasteiger partial charge in [-0.05, 0) is 44.6 Å². The second-order valence-corrected chi connectivity index (χ2v) is 7.79. The number of nitrogens with zero attached hydrogens (tertiary/aromatic N) is 1. The Morgan fingerprint density at radius 3 is 2.72 bits per heavy atom. The molecule has 4 rings (SSSR count). The molecule has 0 radical (unpaired) electrons. The second kappa shape index (κ2) is 6.48. The average Bonchev–Trinajstić information content (AvgIpc) is 3.25. The van der Waals surface area contributed by atoms with Gasteiger partial charge in [0.1, 0.15) is 5.76 Å². The van der Waals surface area contributed by atoms with Crippen molar-refractivity contribution < 1.29 is 18.7 Å². The zero-order valence-electron chi connectivity index (χ0n) is 14.8. The number of aryl methyl sites for hydroxylation is 1. The fraction of sp³-hybridized carbons (Fsp3) is 0.684. The van der Waals surface area contributed by atoms with Crippen LogP contribution in [0.4, 0.5) is 0 Å². The summed E-state index contributed by atoms with van der Waals surface area (Å²) < 4.78 is 10.8. The van der Waals surface area contributed by atoms with Crippen LogP contribution in [0.3, 0.4) is 0 Å². The van der Waals surface area contributed by atoms with Gasteiger partial charge in [-0.25, -0.2) is 0 Å². The van der Waals surface area contributed by atoms with Crippen molar-refractivity contribution in [2.45, 2.75) is 32.6 Å². The topological polar surface area (TPSA) is 71.8 Å². The molecule has 1 aromatic heterocycles. The van der Waals surface area contributed by atoms with E-state index in [0.717, 1.165) is 19.4 Å². The van der Waals surface area contributed by atoms with Crippen molar-refractivity contribution in [2.75, 3.05) is 32.8 Å². The Labute approximate surface area is 147 Å². The van der Waals surface area contributed by atoms with Crippen LogP contribution in [0.1, 0.15) is 41.8 Å². The molecule has 6 heteroatoms. The maximum absolute atomic E-state index is 12.9. The monoisotopic (exact) mass is 346 g/mol. The lowest BCUT2D eigenvalue weighted by Gasteiger charge is -2.37. The number of carbonyl (C=O) groups is 2. The minimum atomic E-state index is -0.154. The molecule has 6 nitrogen and oxygen atoms in total. The minimum Gasteiger partial charge on any atom is -0.469 e. The second-order valence-electron chi connectivity index (χ2n) is 7.79. The number of amides is 2. The molecule has 2 amide bonds. The highest BCUT2D eigenvalue weighted by molar-refractivity contribution is 5.96. The molecule has 3 aliphatic rings. The maximum atomic E-state index is 12.9. The van der Waals surface area contributed by atoms with Crippen LogP contribution >= 0.6 is 0 Å². The summed E-state index contributed by atoms with van der Waals surface area (Å²) in [6, 6.07) is 1.72. The summed E-state index contributed by atoms with van der Waals surface area (Å²) >= 11 is 0. The Hall–Kier alpha value is -1.82. The van der Waals surface area contributed by atoms with Gasteiger partial charge in [0.25, 0.3) is 5.91 Å². The number of nitrogens with one attached hydrogen (secondary N) is 1. The normalized spacial score (nSPS) is 25.3. The van der Waals surface area contributed by atoms with Crippen molar-refractivity contribution in [3.05, 3.63) is 23.7 Å². The summed E-state index contributed by atoms with van der Waals surface area (Å²) in [5, 5.41) is 3.13. The minimum absolute atomic E-state index is 0.0328. The summed E-state index contributed by atoms with van der Waals surface area (Å²) in [4.78, 5) is 27.6. The molecule has 1 unspecified atom stereocenters. The van der Waals surface area contributed by atoms with Crippen molar-refractivity contribution in [3.63, 3.8) is 0 Å². The summed E-state index contributed by atoms with van der Waals surface area (Å²) in [5.74, 6) is 1.21. The first-order valence-electron chi connectivity index (χ1n) is 9.28. The SMILES string of the molecule is Cc1occc1C(=O)N1CC(C(=O)NCC2CC2)C2(CCOCC2)C1. The predicted octanol–water partition coefficient (Wildman–Crippen LogP) is 1.98. The fourth-order valence-electron chi connectivity index (χ4n) is 4.24. The Balaban J connectivity index is 1.52. The van der Waals surface area contributed by atoms with Crippen LogP contribution in [0.2, 0.25) is 0 Å².